The second kappa shape index (κ2) is 20.0. The summed E-state index contributed by atoms with van der Waals surface area (Å²) in [5, 5.41) is 0. The minimum Gasteiger partial charge on any atom is -0.494 e. The number of halogens is 1. The minimum atomic E-state index is 0. The number of rotatable bonds is 19. The number of allylic oxidation sites excluding steroid dienone is 1. The number of anilines is 1. The number of amides is 1. The molecule has 0 saturated heterocycles. The Morgan fingerprint density at radius 1 is 0.875 bits per heavy atom. The van der Waals surface area contributed by atoms with Crippen LogP contribution in [0.15, 0.2) is 59.6 Å². The first-order valence-corrected chi connectivity index (χ1v) is 16.2. The first-order valence-electron chi connectivity index (χ1n) is 15.2. The lowest BCUT2D eigenvalue weighted by atomic mass is 10.1. The lowest BCUT2D eigenvalue weighted by Crippen LogP contribution is -2.28. The van der Waals surface area contributed by atoms with Gasteiger partial charge in [-0.25, -0.2) is 0 Å². The third-order valence-electron chi connectivity index (χ3n) is 7.34. The van der Waals surface area contributed by atoms with E-state index in [4.69, 9.17) is 4.74 Å². The molecule has 222 valence electrons. The predicted molar refractivity (Wildman–Crippen MR) is 178 cm³/mol. The Morgan fingerprint density at radius 3 is 2.08 bits per heavy atom. The van der Waals surface area contributed by atoms with Crippen LogP contribution in [0.5, 0.6) is 5.75 Å². The van der Waals surface area contributed by atoms with Crippen LogP contribution in [0.3, 0.4) is 0 Å². The fraction of sp³-hybridized carbons (Fsp3) is 0.559. The van der Waals surface area contributed by atoms with Gasteiger partial charge in [0.15, 0.2) is 0 Å². The molecule has 0 spiro atoms. The molecule has 1 heterocycles. The molecule has 1 aliphatic heterocycles. The molecular weight excluding hydrogens is 580 g/mol. The average Bonchev–Trinajstić information content (AvgIpc) is 3.34. The van der Waals surface area contributed by atoms with Crippen LogP contribution in [0.25, 0.3) is 0 Å². The monoisotopic (exact) mass is 630 g/mol. The van der Waals surface area contributed by atoms with Gasteiger partial charge in [-0.3, -0.25) is 4.79 Å². The minimum absolute atomic E-state index is 0. The van der Waals surface area contributed by atoms with Crippen LogP contribution in [0.1, 0.15) is 109 Å². The van der Waals surface area contributed by atoms with Gasteiger partial charge in [-0.1, -0.05) is 102 Å². The van der Waals surface area contributed by atoms with E-state index in [1.54, 1.807) is 6.92 Å². The molecule has 0 saturated carbocycles. The molecular formula is C34H51BrN2O2S. The highest BCUT2D eigenvalue weighted by molar-refractivity contribution is 8.93. The fourth-order valence-corrected chi connectivity index (χ4v) is 5.81. The van der Waals surface area contributed by atoms with E-state index in [0.29, 0.717) is 6.54 Å². The first-order chi connectivity index (χ1) is 19.0. The molecule has 0 bridgehead atoms. The number of unbranched alkanes of at least 4 members (excludes halogenated alkanes) is 11. The van der Waals surface area contributed by atoms with E-state index in [1.165, 1.54) is 81.1 Å². The van der Waals surface area contributed by atoms with E-state index in [1.807, 2.05) is 40.9 Å². The summed E-state index contributed by atoms with van der Waals surface area (Å²) in [6, 6.07) is 16.6. The highest BCUT2D eigenvalue weighted by atomic mass is 79.9. The third kappa shape index (κ3) is 13.2. The zero-order valence-corrected chi connectivity index (χ0v) is 27.6. The van der Waals surface area contributed by atoms with Crippen LogP contribution in [-0.4, -0.2) is 23.3 Å². The van der Waals surface area contributed by atoms with Crippen molar-refractivity contribution in [1.29, 1.82) is 0 Å². The Labute approximate surface area is 258 Å². The van der Waals surface area contributed by atoms with Crippen molar-refractivity contribution in [1.82, 2.24) is 4.90 Å². The normalized spacial score (nSPS) is 12.7. The van der Waals surface area contributed by atoms with Crippen molar-refractivity contribution in [2.45, 2.75) is 111 Å². The zero-order chi connectivity index (χ0) is 27.7. The number of nitrogens with zero attached hydrogens (tertiary/aromatic N) is 2. The molecule has 3 rings (SSSR count). The molecule has 0 aromatic heterocycles. The second-order valence-electron chi connectivity index (χ2n) is 10.9. The number of carbonyl (C=O) groups excluding carboxylic acids is 1. The Bertz CT molecular complexity index is 1010. The topological polar surface area (TPSA) is 32.8 Å². The molecule has 0 atom stereocenters. The van der Waals surface area contributed by atoms with E-state index < -0.39 is 0 Å². The summed E-state index contributed by atoms with van der Waals surface area (Å²) in [4.78, 5) is 18.1. The number of thioether (sulfide) groups is 1. The predicted octanol–water partition coefficient (Wildman–Crippen LogP) is 10.3. The van der Waals surface area contributed by atoms with Crippen LogP contribution in [0.4, 0.5) is 5.69 Å². The SMILES string of the molecule is Br.CCCCCCCCCCCCCCOc1ccc(CN(C(C)=O)c2cccc(CN3C=C(C)SC3)c2)cc1. The Kier molecular flexibility index (Phi) is 17.2. The third-order valence-corrected chi connectivity index (χ3v) is 8.36. The van der Waals surface area contributed by atoms with Crippen molar-refractivity contribution >= 4 is 40.3 Å². The van der Waals surface area contributed by atoms with Gasteiger partial charge in [-0.05, 0) is 53.6 Å². The maximum Gasteiger partial charge on any atom is 0.224 e. The highest BCUT2D eigenvalue weighted by Gasteiger charge is 2.15. The van der Waals surface area contributed by atoms with E-state index in [0.717, 1.165) is 42.4 Å². The van der Waals surface area contributed by atoms with Gasteiger partial charge in [0.1, 0.15) is 5.75 Å². The van der Waals surface area contributed by atoms with Gasteiger partial charge in [-0.2, -0.15) is 0 Å². The summed E-state index contributed by atoms with van der Waals surface area (Å²) in [6.45, 7) is 8.25. The van der Waals surface area contributed by atoms with Gasteiger partial charge in [0.2, 0.25) is 5.91 Å². The van der Waals surface area contributed by atoms with E-state index in [9.17, 15) is 4.79 Å². The quantitative estimate of drug-likeness (QED) is 0.145. The van der Waals surface area contributed by atoms with E-state index >= 15 is 0 Å². The first kappa shape index (κ1) is 34.3. The molecule has 6 heteroatoms. The van der Waals surface area contributed by atoms with Crippen molar-refractivity contribution in [2.24, 2.45) is 0 Å². The fourth-order valence-electron chi connectivity index (χ4n) is 5.06. The summed E-state index contributed by atoms with van der Waals surface area (Å²) in [5.41, 5.74) is 3.26. The van der Waals surface area contributed by atoms with Gasteiger partial charge >= 0.3 is 0 Å². The molecule has 40 heavy (non-hydrogen) atoms. The van der Waals surface area contributed by atoms with Crippen molar-refractivity contribution in [3.63, 3.8) is 0 Å². The molecule has 0 radical (unpaired) electrons. The average molecular weight is 632 g/mol. The number of carbonyl (C=O) groups is 1. The van der Waals surface area contributed by atoms with Crippen molar-refractivity contribution < 1.29 is 9.53 Å². The van der Waals surface area contributed by atoms with Crippen molar-refractivity contribution in [2.75, 3.05) is 17.4 Å². The van der Waals surface area contributed by atoms with E-state index in [2.05, 4.69) is 49.2 Å². The van der Waals surface area contributed by atoms with Crippen LogP contribution >= 0.6 is 28.7 Å². The highest BCUT2D eigenvalue weighted by Crippen LogP contribution is 2.27. The van der Waals surface area contributed by atoms with Crippen LogP contribution < -0.4 is 9.64 Å². The molecule has 0 fully saturated rings. The van der Waals surface area contributed by atoms with Crippen LogP contribution in [-0.2, 0) is 17.9 Å². The lowest BCUT2D eigenvalue weighted by Gasteiger charge is -2.23. The molecule has 1 aliphatic rings. The van der Waals surface area contributed by atoms with E-state index in [-0.39, 0.29) is 22.9 Å². The number of benzene rings is 2. The molecule has 2 aromatic carbocycles. The van der Waals surface area contributed by atoms with Gasteiger partial charge in [0.05, 0.1) is 19.0 Å². The Balaban J connectivity index is 0.00000560. The van der Waals surface area contributed by atoms with Crippen molar-refractivity contribution in [3.8, 4) is 5.75 Å². The largest absolute Gasteiger partial charge is 0.494 e. The maximum atomic E-state index is 12.5. The summed E-state index contributed by atoms with van der Waals surface area (Å²) >= 11 is 1.87. The molecule has 1 amide bonds. The number of ether oxygens (including phenoxy) is 1. The standard InChI is InChI=1S/C34H50N2O2S.BrH/c1-4-5-6-7-8-9-10-11-12-13-14-15-23-38-34-21-19-31(20-22-34)27-36(30(3)37)33-18-16-17-32(24-33)26-35-25-29(2)39-28-35;/h16-22,24-25H,4-15,23,26-28H2,1-3H3;1H. The van der Waals surface area contributed by atoms with Crippen molar-refractivity contribution in [3.05, 3.63) is 70.8 Å². The Morgan fingerprint density at radius 2 is 1.50 bits per heavy atom. The zero-order valence-electron chi connectivity index (χ0n) is 25.0. The summed E-state index contributed by atoms with van der Waals surface area (Å²) in [5.74, 6) is 1.94. The van der Waals surface area contributed by atoms with Gasteiger partial charge in [-0.15, -0.1) is 28.7 Å². The molecule has 0 N–H and O–H groups in total. The van der Waals surface area contributed by atoms with Crippen LogP contribution in [0, 0.1) is 0 Å². The smallest absolute Gasteiger partial charge is 0.224 e. The molecule has 0 unspecified atom stereocenters. The lowest BCUT2D eigenvalue weighted by molar-refractivity contribution is -0.116. The summed E-state index contributed by atoms with van der Waals surface area (Å²) < 4.78 is 5.98. The van der Waals surface area contributed by atoms with Crippen LogP contribution in [0.2, 0.25) is 0 Å². The van der Waals surface area contributed by atoms with Gasteiger partial charge < -0.3 is 14.5 Å². The van der Waals surface area contributed by atoms with Gasteiger partial charge in [0, 0.05) is 25.4 Å². The molecule has 4 nitrogen and oxygen atoms in total. The number of hydrogen-bond donors (Lipinski definition) is 0. The maximum absolute atomic E-state index is 12.5. The molecule has 2 aromatic rings. The second-order valence-corrected chi connectivity index (χ2v) is 12.1. The summed E-state index contributed by atoms with van der Waals surface area (Å²) in [6.07, 6.45) is 18.4. The summed E-state index contributed by atoms with van der Waals surface area (Å²) in [7, 11) is 0. The Hall–Kier alpha value is -1.92. The number of hydrogen-bond acceptors (Lipinski definition) is 4. The van der Waals surface area contributed by atoms with Gasteiger partial charge in [0.25, 0.3) is 0 Å². The molecule has 0 aliphatic carbocycles.